The summed E-state index contributed by atoms with van der Waals surface area (Å²) >= 11 is 3.48. The Bertz CT molecular complexity index is 744. The highest BCUT2D eigenvalue weighted by atomic mass is 79.9. The van der Waals surface area contributed by atoms with Gasteiger partial charge in [0.2, 0.25) is 0 Å². The Hall–Kier alpha value is -1.08. The average Bonchev–Trinajstić information content (AvgIpc) is 2.71. The molecule has 1 aromatic rings. The molecular formula is C15H18BrNO4S. The summed E-state index contributed by atoms with van der Waals surface area (Å²) in [5, 5.41) is 9.26. The van der Waals surface area contributed by atoms with Crippen LogP contribution in [0.3, 0.4) is 0 Å². The minimum Gasteiger partial charge on any atom is -0.478 e. The maximum Gasteiger partial charge on any atom is 0.335 e. The van der Waals surface area contributed by atoms with Crippen LogP contribution in [0.25, 0.3) is 0 Å². The van der Waals surface area contributed by atoms with Crippen molar-refractivity contribution >= 4 is 37.4 Å². The quantitative estimate of drug-likeness (QED) is 0.843. The second-order valence-electron chi connectivity index (χ2n) is 6.28. The van der Waals surface area contributed by atoms with Crippen LogP contribution in [0.2, 0.25) is 0 Å². The van der Waals surface area contributed by atoms with Crippen LogP contribution in [0, 0.1) is 0 Å². The lowest BCUT2D eigenvalue weighted by molar-refractivity contribution is 0.0696. The van der Waals surface area contributed by atoms with Gasteiger partial charge in [-0.05, 0) is 53.9 Å². The number of anilines is 1. The van der Waals surface area contributed by atoms with Gasteiger partial charge in [0.05, 0.1) is 28.8 Å². The van der Waals surface area contributed by atoms with Crippen LogP contribution in [-0.2, 0) is 9.84 Å². The first-order valence-electron chi connectivity index (χ1n) is 7.27. The minimum atomic E-state index is -3.03. The first-order chi connectivity index (χ1) is 10.2. The van der Waals surface area contributed by atoms with Crippen LogP contribution in [0.15, 0.2) is 16.6 Å². The van der Waals surface area contributed by atoms with E-state index < -0.39 is 15.8 Å². The van der Waals surface area contributed by atoms with E-state index in [1.54, 1.807) is 12.1 Å². The predicted molar refractivity (Wildman–Crippen MR) is 88.5 cm³/mol. The Morgan fingerprint density at radius 1 is 1.41 bits per heavy atom. The summed E-state index contributed by atoms with van der Waals surface area (Å²) < 4.78 is 24.8. The minimum absolute atomic E-state index is 0.0801. The van der Waals surface area contributed by atoms with Gasteiger partial charge in [-0.3, -0.25) is 0 Å². The molecule has 0 aromatic heterocycles. The maximum absolute atomic E-state index is 12.0. The lowest BCUT2D eigenvalue weighted by atomic mass is 9.92. The molecule has 2 atom stereocenters. The van der Waals surface area contributed by atoms with E-state index in [2.05, 4.69) is 20.8 Å². The molecule has 5 nitrogen and oxygen atoms in total. The largest absolute Gasteiger partial charge is 0.478 e. The van der Waals surface area contributed by atoms with Crippen molar-refractivity contribution in [3.8, 4) is 0 Å². The number of nitrogens with zero attached hydrogens (tertiary/aromatic N) is 1. The maximum atomic E-state index is 12.0. The molecule has 1 fully saturated rings. The van der Waals surface area contributed by atoms with Crippen molar-refractivity contribution < 1.29 is 18.3 Å². The number of hydrogen-bond donors (Lipinski definition) is 1. The van der Waals surface area contributed by atoms with Crippen molar-refractivity contribution in [1.82, 2.24) is 0 Å². The molecule has 0 aliphatic carbocycles. The first-order valence-corrected chi connectivity index (χ1v) is 9.88. The van der Waals surface area contributed by atoms with E-state index in [1.807, 2.05) is 13.8 Å². The topological polar surface area (TPSA) is 74.7 Å². The normalized spacial score (nSPS) is 25.9. The zero-order valence-corrected chi connectivity index (χ0v) is 14.8. The van der Waals surface area contributed by atoms with Crippen molar-refractivity contribution in [2.75, 3.05) is 16.4 Å². The van der Waals surface area contributed by atoms with Crippen molar-refractivity contribution in [2.45, 2.75) is 38.3 Å². The molecule has 2 unspecified atom stereocenters. The molecule has 2 aliphatic rings. The second kappa shape index (κ2) is 5.23. The molecule has 0 bridgehead atoms. The average molecular weight is 388 g/mol. The molecule has 0 amide bonds. The third kappa shape index (κ3) is 2.44. The lowest BCUT2D eigenvalue weighted by Crippen LogP contribution is -2.46. The van der Waals surface area contributed by atoms with E-state index in [0.29, 0.717) is 6.42 Å². The van der Waals surface area contributed by atoms with Gasteiger partial charge in [0.1, 0.15) is 0 Å². The van der Waals surface area contributed by atoms with Crippen LogP contribution < -0.4 is 4.90 Å². The number of carboxylic acid groups (broad SMARTS) is 1. The lowest BCUT2D eigenvalue weighted by Gasteiger charge is -2.36. The van der Waals surface area contributed by atoms with Gasteiger partial charge in [-0.2, -0.15) is 0 Å². The summed E-state index contributed by atoms with van der Waals surface area (Å²) in [6, 6.07) is 3.35. The Kier molecular flexibility index (Phi) is 3.76. The van der Waals surface area contributed by atoms with Gasteiger partial charge in [-0.15, -0.1) is 0 Å². The summed E-state index contributed by atoms with van der Waals surface area (Å²) in [4.78, 5) is 13.4. The van der Waals surface area contributed by atoms with Gasteiger partial charge in [-0.1, -0.05) is 0 Å². The predicted octanol–water partition coefficient (Wildman–Crippen LogP) is 2.65. The fourth-order valence-electron chi connectivity index (χ4n) is 3.70. The van der Waals surface area contributed by atoms with Gasteiger partial charge in [0.15, 0.2) is 9.84 Å². The van der Waals surface area contributed by atoms with Crippen LogP contribution >= 0.6 is 15.9 Å². The Balaban J connectivity index is 2.17. The van der Waals surface area contributed by atoms with Crippen molar-refractivity contribution in [2.24, 2.45) is 0 Å². The fourth-order valence-corrected chi connectivity index (χ4v) is 6.07. The van der Waals surface area contributed by atoms with Gasteiger partial charge in [0.25, 0.3) is 0 Å². The Morgan fingerprint density at radius 3 is 2.68 bits per heavy atom. The third-order valence-corrected chi connectivity index (χ3v) is 6.85. The van der Waals surface area contributed by atoms with E-state index >= 15 is 0 Å². The highest BCUT2D eigenvalue weighted by Gasteiger charge is 2.46. The summed E-state index contributed by atoms with van der Waals surface area (Å²) in [5.74, 6) is -0.573. The number of fused-ring (bicyclic) bond motifs is 3. The number of benzene rings is 1. The Labute approximate surface area is 138 Å². The van der Waals surface area contributed by atoms with Gasteiger partial charge < -0.3 is 10.0 Å². The van der Waals surface area contributed by atoms with Crippen LogP contribution in [0.1, 0.15) is 42.1 Å². The molecule has 1 N–H and O–H groups in total. The molecule has 120 valence electrons. The molecule has 0 saturated carbocycles. The molecule has 2 aliphatic heterocycles. The molecule has 3 rings (SSSR count). The SMILES string of the molecule is CC(C)N1c2c(Br)cc(C(=O)O)cc2C2CCS(=O)(=O)CC21. The van der Waals surface area contributed by atoms with Crippen LogP contribution in [0.4, 0.5) is 5.69 Å². The van der Waals surface area contributed by atoms with Crippen molar-refractivity contribution in [3.05, 3.63) is 27.7 Å². The third-order valence-electron chi connectivity index (χ3n) is 4.54. The van der Waals surface area contributed by atoms with Gasteiger partial charge in [0, 0.05) is 16.4 Å². The van der Waals surface area contributed by atoms with E-state index in [4.69, 9.17) is 0 Å². The van der Waals surface area contributed by atoms with Crippen molar-refractivity contribution in [3.63, 3.8) is 0 Å². The number of rotatable bonds is 2. The number of halogens is 1. The molecule has 7 heteroatoms. The molecule has 1 saturated heterocycles. The second-order valence-corrected chi connectivity index (χ2v) is 9.36. The van der Waals surface area contributed by atoms with Crippen molar-refractivity contribution in [1.29, 1.82) is 0 Å². The summed E-state index contributed by atoms with van der Waals surface area (Å²) in [7, 11) is -3.03. The van der Waals surface area contributed by atoms with Gasteiger partial charge >= 0.3 is 5.97 Å². The number of carboxylic acids is 1. The molecule has 0 spiro atoms. The number of carbonyl (C=O) groups is 1. The Morgan fingerprint density at radius 2 is 2.09 bits per heavy atom. The number of aromatic carboxylic acids is 1. The highest BCUT2D eigenvalue weighted by Crippen LogP contribution is 2.50. The monoisotopic (exact) mass is 387 g/mol. The molecular weight excluding hydrogens is 370 g/mol. The zero-order chi connectivity index (χ0) is 16.2. The number of hydrogen-bond acceptors (Lipinski definition) is 4. The number of sulfone groups is 1. The fraction of sp³-hybridized carbons (Fsp3) is 0.533. The molecule has 1 aromatic carbocycles. The van der Waals surface area contributed by atoms with Crippen LogP contribution in [-0.4, -0.2) is 43.1 Å². The van der Waals surface area contributed by atoms with E-state index in [0.717, 1.165) is 15.7 Å². The molecule has 0 radical (unpaired) electrons. The standard InChI is InChI=1S/C15H18BrNO4S/c1-8(2)17-13-7-22(20,21)4-3-10(13)11-5-9(15(18)19)6-12(16)14(11)17/h5-6,8,10,13H,3-4,7H2,1-2H3,(H,18,19). The van der Waals surface area contributed by atoms with E-state index in [1.165, 1.54) is 0 Å². The zero-order valence-electron chi connectivity index (χ0n) is 12.4. The van der Waals surface area contributed by atoms with E-state index in [9.17, 15) is 18.3 Å². The van der Waals surface area contributed by atoms with Gasteiger partial charge in [-0.25, -0.2) is 13.2 Å². The van der Waals surface area contributed by atoms with Crippen LogP contribution in [0.5, 0.6) is 0 Å². The molecule has 2 heterocycles. The molecule has 22 heavy (non-hydrogen) atoms. The smallest absolute Gasteiger partial charge is 0.335 e. The summed E-state index contributed by atoms with van der Waals surface area (Å²) in [6.45, 7) is 4.07. The summed E-state index contributed by atoms with van der Waals surface area (Å²) in [6.07, 6.45) is 0.554. The first kappa shape index (κ1) is 15.8. The summed E-state index contributed by atoms with van der Waals surface area (Å²) in [5.41, 5.74) is 2.15. The highest BCUT2D eigenvalue weighted by molar-refractivity contribution is 9.10. The van der Waals surface area contributed by atoms with E-state index in [-0.39, 0.29) is 35.1 Å².